The Morgan fingerprint density at radius 1 is 1.05 bits per heavy atom. The standard InChI is InChI=1S/C25H31ClN4O5S.C5H8/c1-5-35-21-16-19(34-3)10-11-20(21)23-27-24(36(4,32)33)22(17-6-8-18(26)9-7-17)30(23)25(31)29-14-12-28(2)13-15-29;1-2-5-3-4(1)5/h6-11,16,22,24H,5,12-15H2,1-4H3;4-5H,1-3H2. The van der Waals surface area contributed by atoms with E-state index in [2.05, 4.69) is 9.89 Å². The van der Waals surface area contributed by atoms with Gasteiger partial charge in [-0.25, -0.2) is 18.2 Å². The molecular weight excluding hydrogens is 564 g/mol. The number of halogens is 1. The molecule has 2 saturated carbocycles. The molecule has 0 bridgehead atoms. The van der Waals surface area contributed by atoms with E-state index in [9.17, 15) is 13.2 Å². The highest BCUT2D eigenvalue weighted by molar-refractivity contribution is 7.91. The molecular formula is C30H39ClN4O5S. The van der Waals surface area contributed by atoms with Crippen LogP contribution in [-0.4, -0.2) is 93.6 Å². The zero-order valence-corrected chi connectivity index (χ0v) is 25.7. The molecule has 1 saturated heterocycles. The number of fused-ring (bicyclic) bond motifs is 1. The Kier molecular flexibility index (Phi) is 8.82. The van der Waals surface area contributed by atoms with Gasteiger partial charge in [0.1, 0.15) is 23.4 Å². The first-order chi connectivity index (χ1) is 19.6. The molecule has 0 radical (unpaired) electrons. The number of sulfone groups is 1. The van der Waals surface area contributed by atoms with Gasteiger partial charge in [0, 0.05) is 43.5 Å². The number of ether oxygens (including phenoxy) is 2. The summed E-state index contributed by atoms with van der Waals surface area (Å²) in [5.41, 5.74) is 1.15. The molecule has 2 aromatic rings. The van der Waals surface area contributed by atoms with Crippen molar-refractivity contribution < 1.29 is 22.7 Å². The van der Waals surface area contributed by atoms with Crippen molar-refractivity contribution in [1.29, 1.82) is 0 Å². The lowest BCUT2D eigenvalue weighted by Crippen LogP contribution is -2.53. The molecule has 3 fully saturated rings. The van der Waals surface area contributed by atoms with Crippen LogP contribution in [0.5, 0.6) is 11.5 Å². The van der Waals surface area contributed by atoms with Gasteiger partial charge in [-0.3, -0.25) is 4.90 Å². The molecule has 2 aliphatic carbocycles. The summed E-state index contributed by atoms with van der Waals surface area (Å²) in [6.07, 6.45) is 5.85. The molecule has 41 heavy (non-hydrogen) atoms. The summed E-state index contributed by atoms with van der Waals surface area (Å²) in [4.78, 5) is 24.1. The number of urea groups is 1. The maximum atomic E-state index is 14.1. The third-order valence-corrected chi connectivity index (χ3v) is 9.86. The third kappa shape index (κ3) is 6.49. The van der Waals surface area contributed by atoms with Crippen LogP contribution in [0.4, 0.5) is 4.79 Å². The van der Waals surface area contributed by atoms with Gasteiger partial charge in [-0.1, -0.05) is 23.7 Å². The molecule has 2 aliphatic heterocycles. The first-order valence-corrected chi connectivity index (χ1v) is 16.5. The van der Waals surface area contributed by atoms with Crippen molar-refractivity contribution in [1.82, 2.24) is 14.7 Å². The fraction of sp³-hybridized carbons (Fsp3) is 0.533. The Balaban J connectivity index is 0.000000597. The number of amides is 2. The van der Waals surface area contributed by atoms with E-state index in [-0.39, 0.29) is 11.9 Å². The van der Waals surface area contributed by atoms with E-state index in [1.807, 2.05) is 14.0 Å². The molecule has 4 unspecified atom stereocenters. The summed E-state index contributed by atoms with van der Waals surface area (Å²) < 4.78 is 37.3. The topological polar surface area (TPSA) is 91.8 Å². The normalized spacial score (nSPS) is 25.3. The van der Waals surface area contributed by atoms with E-state index in [0.717, 1.165) is 19.3 Å². The van der Waals surface area contributed by atoms with E-state index < -0.39 is 21.3 Å². The summed E-state index contributed by atoms with van der Waals surface area (Å²) in [5.74, 6) is 3.74. The molecule has 222 valence electrons. The van der Waals surface area contributed by atoms with Crippen molar-refractivity contribution >= 4 is 33.3 Å². The van der Waals surface area contributed by atoms with Crippen molar-refractivity contribution in [3.05, 3.63) is 58.6 Å². The number of hydrogen-bond donors (Lipinski definition) is 0. The van der Waals surface area contributed by atoms with Crippen LogP contribution in [0.1, 0.15) is 43.4 Å². The number of piperazine rings is 1. The van der Waals surface area contributed by atoms with Crippen LogP contribution in [0, 0.1) is 11.8 Å². The number of benzene rings is 2. The second-order valence-electron chi connectivity index (χ2n) is 11.2. The average Bonchev–Trinajstić information content (AvgIpc) is 3.34. The lowest BCUT2D eigenvalue weighted by atomic mass is 10.0. The second kappa shape index (κ2) is 12.2. The number of methoxy groups -OCH3 is 1. The highest BCUT2D eigenvalue weighted by atomic mass is 35.5. The predicted octanol–water partition coefficient (Wildman–Crippen LogP) is 4.71. The number of nitrogens with zero attached hydrogens (tertiary/aromatic N) is 4. The molecule has 9 nitrogen and oxygen atoms in total. The minimum Gasteiger partial charge on any atom is -0.497 e. The number of carbonyl (C=O) groups is 1. The number of aliphatic imine (C=N–C) groups is 1. The Bertz CT molecular complexity index is 1380. The molecule has 2 amide bonds. The van der Waals surface area contributed by atoms with Crippen molar-refractivity contribution in [2.75, 3.05) is 53.2 Å². The first kappa shape index (κ1) is 29.7. The van der Waals surface area contributed by atoms with Crippen LogP contribution in [0.25, 0.3) is 0 Å². The van der Waals surface area contributed by atoms with Crippen LogP contribution in [0.15, 0.2) is 47.5 Å². The highest BCUT2D eigenvalue weighted by Gasteiger charge is 2.48. The molecule has 6 rings (SSSR count). The summed E-state index contributed by atoms with van der Waals surface area (Å²) in [6.45, 7) is 4.71. The summed E-state index contributed by atoms with van der Waals surface area (Å²) >= 11 is 6.12. The van der Waals surface area contributed by atoms with Crippen LogP contribution >= 0.6 is 11.6 Å². The summed E-state index contributed by atoms with van der Waals surface area (Å²) in [6, 6.07) is 10.9. The van der Waals surface area contributed by atoms with Crippen molar-refractivity contribution in [2.24, 2.45) is 16.8 Å². The van der Waals surface area contributed by atoms with Crippen LogP contribution in [0.2, 0.25) is 5.02 Å². The zero-order valence-electron chi connectivity index (χ0n) is 24.1. The third-order valence-electron chi connectivity index (χ3n) is 8.36. The quantitative estimate of drug-likeness (QED) is 0.476. The lowest BCUT2D eigenvalue weighted by molar-refractivity contribution is 0.132. The maximum absolute atomic E-state index is 14.1. The molecule has 0 spiro atoms. The van der Waals surface area contributed by atoms with Gasteiger partial charge in [0.05, 0.1) is 19.3 Å². The van der Waals surface area contributed by atoms with Gasteiger partial charge >= 0.3 is 6.03 Å². The fourth-order valence-corrected chi connectivity index (χ4v) is 6.81. The number of hydrogen-bond acceptors (Lipinski definition) is 7. The fourth-order valence-electron chi connectivity index (χ4n) is 5.65. The first-order valence-electron chi connectivity index (χ1n) is 14.2. The SMILES string of the molecule is C1CC2CC12.CCOc1cc(OC)ccc1C1=NC(S(C)(=O)=O)C(c2ccc(Cl)cc2)N1C(=O)N1CCN(C)CC1. The van der Waals surface area contributed by atoms with Crippen molar-refractivity contribution in [3.8, 4) is 11.5 Å². The molecule has 2 aromatic carbocycles. The van der Waals surface area contributed by atoms with E-state index in [1.54, 1.807) is 73.7 Å². The van der Waals surface area contributed by atoms with Gasteiger partial charge in [-0.05, 0) is 74.9 Å². The zero-order chi connectivity index (χ0) is 29.3. The summed E-state index contributed by atoms with van der Waals surface area (Å²) in [5, 5.41) is -0.679. The van der Waals surface area contributed by atoms with Gasteiger partial charge in [0.15, 0.2) is 15.2 Å². The minimum absolute atomic E-state index is 0.250. The maximum Gasteiger partial charge on any atom is 0.326 e. The number of carbonyl (C=O) groups excluding carboxylic acids is 1. The number of amidine groups is 1. The molecule has 4 atom stereocenters. The van der Waals surface area contributed by atoms with Gasteiger partial charge in [-0.2, -0.15) is 0 Å². The van der Waals surface area contributed by atoms with E-state index >= 15 is 0 Å². The molecule has 2 heterocycles. The van der Waals surface area contributed by atoms with Gasteiger partial charge in [0.25, 0.3) is 0 Å². The molecule has 11 heteroatoms. The predicted molar refractivity (Wildman–Crippen MR) is 161 cm³/mol. The van der Waals surface area contributed by atoms with Crippen molar-refractivity contribution in [3.63, 3.8) is 0 Å². The Hall–Kier alpha value is -2.82. The van der Waals surface area contributed by atoms with Gasteiger partial charge in [0.2, 0.25) is 0 Å². The second-order valence-corrected chi connectivity index (χ2v) is 13.8. The number of rotatable bonds is 6. The van der Waals surface area contributed by atoms with Gasteiger partial charge in [-0.15, -0.1) is 0 Å². The lowest BCUT2D eigenvalue weighted by Gasteiger charge is -2.37. The molecule has 0 aromatic heterocycles. The summed E-state index contributed by atoms with van der Waals surface area (Å²) in [7, 11) is -0.142. The van der Waals surface area contributed by atoms with Gasteiger partial charge < -0.3 is 19.3 Å². The largest absolute Gasteiger partial charge is 0.497 e. The Morgan fingerprint density at radius 3 is 2.22 bits per heavy atom. The van der Waals surface area contributed by atoms with E-state index in [1.165, 1.54) is 16.7 Å². The smallest absolute Gasteiger partial charge is 0.326 e. The monoisotopic (exact) mass is 602 g/mol. The van der Waals surface area contributed by atoms with Crippen molar-refractivity contribution in [2.45, 2.75) is 37.6 Å². The average molecular weight is 603 g/mol. The van der Waals surface area contributed by atoms with E-state index in [4.69, 9.17) is 21.1 Å². The Morgan fingerprint density at radius 2 is 1.71 bits per heavy atom. The van der Waals surface area contributed by atoms with Crippen LogP contribution < -0.4 is 9.47 Å². The van der Waals surface area contributed by atoms with Crippen LogP contribution in [-0.2, 0) is 9.84 Å². The molecule has 4 aliphatic rings. The Labute approximate surface area is 248 Å². The molecule has 0 N–H and O–H groups in total. The van der Waals surface area contributed by atoms with Crippen LogP contribution in [0.3, 0.4) is 0 Å². The van der Waals surface area contributed by atoms with E-state index in [0.29, 0.717) is 47.3 Å². The highest BCUT2D eigenvalue weighted by Crippen LogP contribution is 2.55. The minimum atomic E-state index is -3.70. The number of likely N-dealkylation sites (N-methyl/N-ethyl adjacent to an activating group) is 1.